The summed E-state index contributed by atoms with van der Waals surface area (Å²) in [6.07, 6.45) is -0.481. The van der Waals surface area contributed by atoms with Crippen LogP contribution in [0.2, 0.25) is 0 Å². The SMILES string of the molecule is Nc1ccc(N=O)cc1C1OC1N. The predicted octanol–water partition coefficient (Wildman–Crippen LogP) is 1.02. The number of nitrogens with zero attached hydrogens (tertiary/aromatic N) is 1. The van der Waals surface area contributed by atoms with Gasteiger partial charge in [0.15, 0.2) is 0 Å². The predicted molar refractivity (Wildman–Crippen MR) is 48.1 cm³/mol. The van der Waals surface area contributed by atoms with E-state index in [2.05, 4.69) is 5.18 Å². The molecule has 0 radical (unpaired) electrons. The summed E-state index contributed by atoms with van der Waals surface area (Å²) >= 11 is 0. The summed E-state index contributed by atoms with van der Waals surface area (Å²) in [7, 11) is 0. The molecule has 2 atom stereocenters. The van der Waals surface area contributed by atoms with Crippen LogP contribution in [0, 0.1) is 4.91 Å². The van der Waals surface area contributed by atoms with E-state index in [0.29, 0.717) is 11.4 Å². The van der Waals surface area contributed by atoms with E-state index < -0.39 is 0 Å². The number of benzene rings is 1. The van der Waals surface area contributed by atoms with Crippen LogP contribution in [0.1, 0.15) is 11.7 Å². The van der Waals surface area contributed by atoms with Gasteiger partial charge in [-0.15, -0.1) is 4.91 Å². The molecule has 2 rings (SSSR count). The third-order valence-corrected chi connectivity index (χ3v) is 2.01. The molecule has 0 spiro atoms. The van der Waals surface area contributed by atoms with Crippen molar-refractivity contribution in [2.75, 3.05) is 5.73 Å². The molecule has 1 aromatic rings. The summed E-state index contributed by atoms with van der Waals surface area (Å²) in [6.45, 7) is 0. The minimum Gasteiger partial charge on any atom is -0.398 e. The Labute approximate surface area is 74.6 Å². The highest BCUT2D eigenvalue weighted by molar-refractivity contribution is 5.56. The molecule has 1 fully saturated rings. The van der Waals surface area contributed by atoms with Gasteiger partial charge in [-0.3, -0.25) is 0 Å². The highest BCUT2D eigenvalue weighted by Crippen LogP contribution is 2.39. The minimum absolute atomic E-state index is 0.179. The summed E-state index contributed by atoms with van der Waals surface area (Å²) in [4.78, 5) is 10.2. The third kappa shape index (κ3) is 1.39. The largest absolute Gasteiger partial charge is 0.398 e. The molecule has 0 bridgehead atoms. The summed E-state index contributed by atoms with van der Waals surface area (Å²) in [5, 5.41) is 2.81. The van der Waals surface area contributed by atoms with Gasteiger partial charge in [0, 0.05) is 11.3 Å². The Morgan fingerprint density at radius 1 is 1.46 bits per heavy atom. The van der Waals surface area contributed by atoms with Gasteiger partial charge in [-0.05, 0) is 23.4 Å². The van der Waals surface area contributed by atoms with Crippen LogP contribution in [-0.4, -0.2) is 6.23 Å². The Kier molecular flexibility index (Phi) is 1.75. The first-order valence-electron chi connectivity index (χ1n) is 3.86. The van der Waals surface area contributed by atoms with Crippen molar-refractivity contribution >= 4 is 11.4 Å². The lowest BCUT2D eigenvalue weighted by atomic mass is 10.1. The van der Waals surface area contributed by atoms with Crippen LogP contribution in [0.25, 0.3) is 0 Å². The fourth-order valence-electron chi connectivity index (χ4n) is 1.24. The van der Waals surface area contributed by atoms with E-state index in [1.807, 2.05) is 0 Å². The van der Waals surface area contributed by atoms with Gasteiger partial charge in [-0.1, -0.05) is 0 Å². The first-order chi connectivity index (χ1) is 6.22. The highest BCUT2D eigenvalue weighted by atomic mass is 16.6. The molecule has 0 aliphatic carbocycles. The van der Waals surface area contributed by atoms with E-state index in [4.69, 9.17) is 16.2 Å². The Balaban J connectivity index is 2.37. The normalized spacial score (nSPS) is 25.6. The maximum Gasteiger partial charge on any atom is 0.137 e. The summed E-state index contributed by atoms with van der Waals surface area (Å²) < 4.78 is 5.04. The van der Waals surface area contributed by atoms with E-state index in [9.17, 15) is 4.91 Å². The summed E-state index contributed by atoms with van der Waals surface area (Å²) in [6, 6.07) is 4.78. The van der Waals surface area contributed by atoms with Gasteiger partial charge in [-0.25, -0.2) is 0 Å². The number of anilines is 1. The van der Waals surface area contributed by atoms with Crippen molar-refractivity contribution in [1.29, 1.82) is 0 Å². The van der Waals surface area contributed by atoms with Crippen molar-refractivity contribution in [3.8, 4) is 0 Å². The zero-order valence-corrected chi connectivity index (χ0v) is 6.81. The molecule has 0 aromatic heterocycles. The molecule has 68 valence electrons. The van der Waals surface area contributed by atoms with Gasteiger partial charge >= 0.3 is 0 Å². The van der Waals surface area contributed by atoms with Gasteiger partial charge in [0.1, 0.15) is 18.0 Å². The first-order valence-corrected chi connectivity index (χ1v) is 3.86. The van der Waals surface area contributed by atoms with E-state index in [1.165, 1.54) is 0 Å². The Hall–Kier alpha value is -1.46. The van der Waals surface area contributed by atoms with Gasteiger partial charge in [0.2, 0.25) is 0 Å². The Morgan fingerprint density at radius 3 is 2.69 bits per heavy atom. The van der Waals surface area contributed by atoms with Gasteiger partial charge in [0.25, 0.3) is 0 Å². The molecule has 4 N–H and O–H groups in total. The van der Waals surface area contributed by atoms with E-state index in [0.717, 1.165) is 5.56 Å². The number of hydrogen-bond donors (Lipinski definition) is 2. The van der Waals surface area contributed by atoms with Crippen LogP contribution in [0.4, 0.5) is 11.4 Å². The molecule has 13 heavy (non-hydrogen) atoms. The van der Waals surface area contributed by atoms with Crippen LogP contribution in [0.3, 0.4) is 0 Å². The number of nitrogens with two attached hydrogens (primary N) is 2. The van der Waals surface area contributed by atoms with Gasteiger partial charge in [0.05, 0.1) is 0 Å². The third-order valence-electron chi connectivity index (χ3n) is 2.01. The molecule has 1 aliphatic rings. The molecule has 0 amide bonds. The number of rotatable bonds is 2. The van der Waals surface area contributed by atoms with Crippen LogP contribution in [0.15, 0.2) is 23.4 Å². The fraction of sp³-hybridized carbons (Fsp3) is 0.250. The molecule has 1 saturated heterocycles. The molecule has 1 aromatic carbocycles. The topological polar surface area (TPSA) is 94.0 Å². The number of ether oxygens (including phenoxy) is 1. The van der Waals surface area contributed by atoms with Gasteiger partial charge in [-0.2, -0.15) is 0 Å². The summed E-state index contributed by atoms with van der Waals surface area (Å²) in [5.74, 6) is 0. The number of nitrogen functional groups attached to an aromatic ring is 1. The van der Waals surface area contributed by atoms with E-state index in [-0.39, 0.29) is 12.3 Å². The standard InChI is InChI=1S/C8H9N3O2/c9-6-2-1-4(11-12)3-5(6)7-8(10)13-7/h1-3,7-8H,9-10H2. The monoisotopic (exact) mass is 179 g/mol. The number of epoxide rings is 1. The molecule has 1 heterocycles. The van der Waals surface area contributed by atoms with Crippen molar-refractivity contribution in [2.24, 2.45) is 10.9 Å². The molecule has 1 aliphatic heterocycles. The van der Waals surface area contributed by atoms with Crippen LogP contribution >= 0.6 is 0 Å². The maximum absolute atomic E-state index is 10.2. The Bertz CT molecular complexity index is 353. The van der Waals surface area contributed by atoms with E-state index >= 15 is 0 Å². The zero-order chi connectivity index (χ0) is 9.42. The lowest BCUT2D eigenvalue weighted by Crippen LogP contribution is -2.02. The fourth-order valence-corrected chi connectivity index (χ4v) is 1.24. The van der Waals surface area contributed by atoms with E-state index in [1.54, 1.807) is 18.2 Å². The maximum atomic E-state index is 10.2. The van der Waals surface area contributed by atoms with Crippen molar-refractivity contribution in [3.05, 3.63) is 28.7 Å². The average molecular weight is 179 g/mol. The van der Waals surface area contributed by atoms with Crippen LogP contribution in [-0.2, 0) is 4.74 Å². The molecule has 5 heteroatoms. The minimum atomic E-state index is -0.302. The Morgan fingerprint density at radius 2 is 2.15 bits per heavy atom. The van der Waals surface area contributed by atoms with Crippen LogP contribution < -0.4 is 11.5 Å². The zero-order valence-electron chi connectivity index (χ0n) is 6.81. The van der Waals surface area contributed by atoms with Crippen molar-refractivity contribution in [2.45, 2.75) is 12.3 Å². The molecule has 5 nitrogen and oxygen atoms in total. The lowest BCUT2D eigenvalue weighted by molar-refractivity contribution is 0.378. The quantitative estimate of drug-likeness (QED) is 0.402. The molecule has 0 saturated carbocycles. The van der Waals surface area contributed by atoms with Gasteiger partial charge < -0.3 is 16.2 Å². The molecular weight excluding hydrogens is 170 g/mol. The molecule has 2 unspecified atom stereocenters. The van der Waals surface area contributed by atoms with Crippen LogP contribution in [0.5, 0.6) is 0 Å². The molecular formula is C8H9N3O2. The highest BCUT2D eigenvalue weighted by Gasteiger charge is 2.38. The lowest BCUT2D eigenvalue weighted by Gasteiger charge is -2.01. The second kappa shape index (κ2) is 2.79. The summed E-state index contributed by atoms with van der Waals surface area (Å²) in [5.41, 5.74) is 12.8. The smallest absolute Gasteiger partial charge is 0.137 e. The first kappa shape index (κ1) is 8.15. The number of nitroso groups, excluding NO2 is 1. The van der Waals surface area contributed by atoms with Crippen molar-refractivity contribution < 1.29 is 4.74 Å². The van der Waals surface area contributed by atoms with Crippen molar-refractivity contribution in [3.63, 3.8) is 0 Å². The average Bonchev–Trinajstić information content (AvgIpc) is 2.83. The second-order valence-corrected chi connectivity index (χ2v) is 2.93. The second-order valence-electron chi connectivity index (χ2n) is 2.93. The number of hydrogen-bond acceptors (Lipinski definition) is 5. The van der Waals surface area contributed by atoms with Crippen molar-refractivity contribution in [1.82, 2.24) is 0 Å².